The van der Waals surface area contributed by atoms with Crippen molar-refractivity contribution in [2.45, 2.75) is 44.7 Å². The fourth-order valence-corrected chi connectivity index (χ4v) is 7.63. The SMILES string of the molecule is CC(C)(C)[Si](C)(C)OC(c1ccc(Cl)cc1)P(c1ccccc1)c1ccccc1. The molecular weight excluding hydrogens is 411 g/mol. The van der Waals surface area contributed by atoms with Crippen LogP contribution in [0, 0.1) is 0 Å². The lowest BCUT2D eigenvalue weighted by molar-refractivity contribution is 0.262. The Morgan fingerprint density at radius 1 is 0.759 bits per heavy atom. The van der Waals surface area contributed by atoms with Gasteiger partial charge in [0.25, 0.3) is 0 Å². The van der Waals surface area contributed by atoms with E-state index in [0.29, 0.717) is 0 Å². The van der Waals surface area contributed by atoms with Crippen molar-refractivity contribution < 1.29 is 4.43 Å². The van der Waals surface area contributed by atoms with Gasteiger partial charge in [-0.1, -0.05) is 105 Å². The molecule has 1 unspecified atom stereocenters. The molecule has 0 aliphatic carbocycles. The first-order valence-corrected chi connectivity index (χ1v) is 14.7. The van der Waals surface area contributed by atoms with Crippen molar-refractivity contribution in [1.29, 1.82) is 0 Å². The number of halogens is 1. The highest BCUT2D eigenvalue weighted by atomic mass is 35.5. The standard InChI is InChI=1S/C25H30ClOPSi/c1-25(2,3)29(4,5)27-24(20-16-18-21(26)19-17-20)28(22-12-8-6-9-13-22)23-14-10-7-11-15-23/h6-19,24H,1-5H3. The molecular formula is C25H30ClOPSi. The first-order chi connectivity index (χ1) is 13.7. The van der Waals surface area contributed by atoms with Gasteiger partial charge in [-0.2, -0.15) is 0 Å². The van der Waals surface area contributed by atoms with E-state index in [9.17, 15) is 0 Å². The predicted molar refractivity (Wildman–Crippen MR) is 132 cm³/mol. The maximum atomic E-state index is 7.12. The summed E-state index contributed by atoms with van der Waals surface area (Å²) in [5.41, 5.74) is 1.19. The molecule has 29 heavy (non-hydrogen) atoms. The summed E-state index contributed by atoms with van der Waals surface area (Å²) in [6, 6.07) is 29.8. The predicted octanol–water partition coefficient (Wildman–Crippen LogP) is 7.49. The minimum atomic E-state index is -2.01. The van der Waals surface area contributed by atoms with Gasteiger partial charge >= 0.3 is 0 Å². The van der Waals surface area contributed by atoms with Gasteiger partial charge in [0, 0.05) is 5.02 Å². The van der Waals surface area contributed by atoms with Crippen LogP contribution in [0.1, 0.15) is 32.2 Å². The minimum absolute atomic E-state index is 0.0204. The van der Waals surface area contributed by atoms with Gasteiger partial charge in [-0.25, -0.2) is 0 Å². The maximum Gasteiger partial charge on any atom is 0.193 e. The Bertz CT molecular complexity index is 866. The molecule has 3 aromatic carbocycles. The van der Waals surface area contributed by atoms with Crippen molar-refractivity contribution in [2.24, 2.45) is 0 Å². The molecule has 0 spiro atoms. The molecule has 0 aliphatic rings. The van der Waals surface area contributed by atoms with Crippen LogP contribution in [-0.2, 0) is 4.43 Å². The second kappa shape index (κ2) is 9.14. The Labute approximate surface area is 183 Å². The molecule has 0 heterocycles. The van der Waals surface area contributed by atoms with E-state index < -0.39 is 16.2 Å². The van der Waals surface area contributed by atoms with E-state index in [1.165, 1.54) is 16.2 Å². The van der Waals surface area contributed by atoms with Gasteiger partial charge in [0.05, 0.1) is 5.85 Å². The van der Waals surface area contributed by atoms with Crippen LogP contribution in [0.4, 0.5) is 0 Å². The lowest BCUT2D eigenvalue weighted by Crippen LogP contribution is -2.42. The molecule has 0 radical (unpaired) electrons. The highest BCUT2D eigenvalue weighted by Gasteiger charge is 2.41. The van der Waals surface area contributed by atoms with Crippen LogP contribution in [0.3, 0.4) is 0 Å². The van der Waals surface area contributed by atoms with Crippen LogP contribution < -0.4 is 10.6 Å². The average molecular weight is 441 g/mol. The third-order valence-electron chi connectivity index (χ3n) is 5.67. The number of rotatable bonds is 6. The molecule has 0 saturated carbocycles. The van der Waals surface area contributed by atoms with Crippen LogP contribution in [-0.4, -0.2) is 8.32 Å². The number of hydrogen-bond acceptors (Lipinski definition) is 1. The minimum Gasteiger partial charge on any atom is -0.406 e. The highest BCUT2D eigenvalue weighted by molar-refractivity contribution is 7.73. The summed E-state index contributed by atoms with van der Waals surface area (Å²) in [5, 5.41) is 3.54. The lowest BCUT2D eigenvalue weighted by atomic mass is 10.2. The Morgan fingerprint density at radius 2 is 1.21 bits per heavy atom. The van der Waals surface area contributed by atoms with Gasteiger partial charge in [0.1, 0.15) is 0 Å². The van der Waals surface area contributed by atoms with Crippen LogP contribution in [0.2, 0.25) is 23.2 Å². The fraction of sp³-hybridized carbons (Fsp3) is 0.280. The molecule has 0 amide bonds. The van der Waals surface area contributed by atoms with Gasteiger partial charge in [0.15, 0.2) is 8.32 Å². The van der Waals surface area contributed by atoms with E-state index in [-0.39, 0.29) is 10.9 Å². The Morgan fingerprint density at radius 3 is 1.62 bits per heavy atom. The fourth-order valence-electron chi connectivity index (χ4n) is 2.95. The normalized spacial score (nSPS) is 13.5. The lowest BCUT2D eigenvalue weighted by Gasteiger charge is -2.42. The smallest absolute Gasteiger partial charge is 0.193 e. The molecule has 0 aliphatic heterocycles. The molecule has 4 heteroatoms. The molecule has 3 rings (SSSR count). The van der Waals surface area contributed by atoms with Crippen molar-refractivity contribution in [3.63, 3.8) is 0 Å². The van der Waals surface area contributed by atoms with E-state index in [2.05, 4.69) is 107 Å². The van der Waals surface area contributed by atoms with Crippen LogP contribution in [0.15, 0.2) is 84.9 Å². The molecule has 0 N–H and O–H groups in total. The highest BCUT2D eigenvalue weighted by Crippen LogP contribution is 2.53. The molecule has 1 atom stereocenters. The summed E-state index contributed by atoms with van der Waals surface area (Å²) < 4.78 is 7.12. The quantitative estimate of drug-likeness (QED) is 0.285. The monoisotopic (exact) mass is 440 g/mol. The van der Waals surface area contributed by atoms with Gasteiger partial charge in [-0.05, 0) is 54.4 Å². The second-order valence-corrected chi connectivity index (χ2v) is 16.3. The molecule has 0 aromatic heterocycles. The van der Waals surface area contributed by atoms with Crippen molar-refractivity contribution >= 4 is 38.4 Å². The van der Waals surface area contributed by atoms with Gasteiger partial charge < -0.3 is 4.43 Å². The Balaban J connectivity index is 2.16. The van der Waals surface area contributed by atoms with Gasteiger partial charge in [0.2, 0.25) is 0 Å². The summed E-state index contributed by atoms with van der Waals surface area (Å²) in [4.78, 5) is 0. The van der Waals surface area contributed by atoms with E-state index in [1.807, 2.05) is 12.1 Å². The van der Waals surface area contributed by atoms with Crippen LogP contribution >= 0.6 is 19.5 Å². The Hall–Kier alpha value is -1.44. The maximum absolute atomic E-state index is 7.12. The first-order valence-electron chi connectivity index (χ1n) is 10.0. The summed E-state index contributed by atoms with van der Waals surface area (Å²) in [6.07, 6.45) is 0. The topological polar surface area (TPSA) is 9.23 Å². The summed E-state index contributed by atoms with van der Waals surface area (Å²) in [6.45, 7) is 11.6. The van der Waals surface area contributed by atoms with E-state index in [4.69, 9.17) is 16.0 Å². The molecule has 0 saturated heterocycles. The zero-order valence-corrected chi connectivity index (χ0v) is 20.5. The van der Waals surface area contributed by atoms with Gasteiger partial charge in [-0.3, -0.25) is 0 Å². The van der Waals surface area contributed by atoms with E-state index in [0.717, 1.165) is 5.02 Å². The van der Waals surface area contributed by atoms with Crippen molar-refractivity contribution in [3.05, 3.63) is 95.5 Å². The largest absolute Gasteiger partial charge is 0.406 e. The first kappa shape index (κ1) is 22.2. The number of hydrogen-bond donors (Lipinski definition) is 0. The Kier molecular flexibility index (Phi) is 7.01. The summed E-state index contributed by atoms with van der Waals surface area (Å²) in [5.74, 6) is -0.0204. The zero-order chi connectivity index (χ0) is 21.1. The summed E-state index contributed by atoms with van der Waals surface area (Å²) >= 11 is 6.21. The molecule has 152 valence electrons. The van der Waals surface area contributed by atoms with Crippen molar-refractivity contribution in [1.82, 2.24) is 0 Å². The molecule has 0 bridgehead atoms. The van der Waals surface area contributed by atoms with E-state index >= 15 is 0 Å². The van der Waals surface area contributed by atoms with Crippen LogP contribution in [0.5, 0.6) is 0 Å². The third kappa shape index (κ3) is 5.38. The van der Waals surface area contributed by atoms with Crippen LogP contribution in [0.25, 0.3) is 0 Å². The molecule has 0 fully saturated rings. The number of benzene rings is 3. The van der Waals surface area contributed by atoms with E-state index in [1.54, 1.807) is 0 Å². The van der Waals surface area contributed by atoms with Crippen molar-refractivity contribution in [3.8, 4) is 0 Å². The third-order valence-corrected chi connectivity index (χ3v) is 13.1. The zero-order valence-electron chi connectivity index (χ0n) is 17.9. The molecule has 1 nitrogen and oxygen atoms in total. The summed E-state index contributed by atoms with van der Waals surface area (Å²) in [7, 11) is -2.75. The van der Waals surface area contributed by atoms with Crippen molar-refractivity contribution in [2.75, 3.05) is 0 Å². The average Bonchev–Trinajstić information content (AvgIpc) is 2.69. The second-order valence-electron chi connectivity index (χ2n) is 8.82. The van der Waals surface area contributed by atoms with Gasteiger partial charge in [-0.15, -0.1) is 0 Å². The molecule has 3 aromatic rings.